The number of carbonyl (C=O) groups excluding carboxylic acids is 1. The fourth-order valence-corrected chi connectivity index (χ4v) is 4.37. The number of amides is 1. The van der Waals surface area contributed by atoms with E-state index in [1.807, 2.05) is 13.0 Å². The molecule has 0 fully saturated rings. The number of furan rings is 1. The molecule has 1 aromatic heterocycles. The first-order valence-corrected chi connectivity index (χ1v) is 12.6. The van der Waals surface area contributed by atoms with Crippen molar-refractivity contribution in [1.82, 2.24) is 5.32 Å². The van der Waals surface area contributed by atoms with Crippen molar-refractivity contribution in [3.05, 3.63) is 82.6 Å². The molecule has 0 spiro atoms. The van der Waals surface area contributed by atoms with Gasteiger partial charge >= 0.3 is 8.25 Å². The van der Waals surface area contributed by atoms with Crippen molar-refractivity contribution in [2.75, 3.05) is 21.0 Å². The van der Waals surface area contributed by atoms with Crippen molar-refractivity contribution in [3.8, 4) is 17.2 Å². The molecule has 1 unspecified atom stereocenters. The summed E-state index contributed by atoms with van der Waals surface area (Å²) in [6.07, 6.45) is 3.48. The highest BCUT2D eigenvalue weighted by atomic mass is 31.1. The van der Waals surface area contributed by atoms with Gasteiger partial charge in [0, 0.05) is 4.57 Å². The van der Waals surface area contributed by atoms with Crippen LogP contribution in [0.5, 0.6) is 17.2 Å². The van der Waals surface area contributed by atoms with Gasteiger partial charge in [-0.3, -0.25) is 4.79 Å². The summed E-state index contributed by atoms with van der Waals surface area (Å²) in [7, 11) is 0.0708. The molecule has 4 rings (SSSR count). The molecular weight excluding hydrogens is 516 g/mol. The lowest BCUT2D eigenvalue weighted by Gasteiger charge is -2.14. The molecule has 0 saturated carbocycles. The number of ether oxygens (including phenoxy) is 3. The Kier molecular flexibility index (Phi) is 8.58. The number of rotatable bonds is 11. The molecule has 38 heavy (non-hydrogen) atoms. The lowest BCUT2D eigenvalue weighted by molar-refractivity contribution is -0.120. The number of allylic oxidation sites excluding steroid dienone is 2. The van der Waals surface area contributed by atoms with E-state index in [9.17, 15) is 13.8 Å². The largest absolute Gasteiger partial charge is 0.698 e. The van der Waals surface area contributed by atoms with Gasteiger partial charge in [-0.05, 0) is 82.8 Å². The Morgan fingerprint density at radius 1 is 1.13 bits per heavy atom. The minimum atomic E-state index is -2.83. The number of benzene rings is 2. The number of halogens is 1. The van der Waals surface area contributed by atoms with E-state index in [1.165, 1.54) is 32.6 Å². The van der Waals surface area contributed by atoms with Gasteiger partial charge in [0.05, 0.1) is 33.4 Å². The fourth-order valence-electron chi connectivity index (χ4n) is 4.23. The second-order valence-electron chi connectivity index (χ2n) is 8.27. The quantitative estimate of drug-likeness (QED) is 0.242. The molecule has 1 heterocycles. The first-order valence-electron chi connectivity index (χ1n) is 11.5. The monoisotopic (exact) mass is 542 g/mol. The highest BCUT2D eigenvalue weighted by Gasteiger charge is 2.26. The number of nitrogens with one attached hydrogen (secondary N) is 1. The van der Waals surface area contributed by atoms with Crippen LogP contribution >= 0.6 is 8.25 Å². The van der Waals surface area contributed by atoms with E-state index in [2.05, 4.69) is 9.84 Å². The Morgan fingerprint density at radius 2 is 1.87 bits per heavy atom. The molecule has 0 bridgehead atoms. The summed E-state index contributed by atoms with van der Waals surface area (Å²) in [6.45, 7) is 1.66. The summed E-state index contributed by atoms with van der Waals surface area (Å²) in [5, 5.41) is 2.83. The summed E-state index contributed by atoms with van der Waals surface area (Å²) in [5.41, 5.74) is 4.49. The van der Waals surface area contributed by atoms with Crippen LogP contribution in [0.4, 0.5) is 4.39 Å². The van der Waals surface area contributed by atoms with E-state index in [0.29, 0.717) is 28.4 Å². The summed E-state index contributed by atoms with van der Waals surface area (Å²) in [5.74, 6) is 0.833. The molecule has 1 aliphatic rings. The van der Waals surface area contributed by atoms with Gasteiger partial charge in [0.2, 0.25) is 18.4 Å². The maximum atomic E-state index is 14.2. The Hall–Kier alpha value is -3.98. The fraction of sp³-hybridized carbons (Fsp3) is 0.222. The van der Waals surface area contributed by atoms with Crippen LogP contribution in [0.1, 0.15) is 35.8 Å². The van der Waals surface area contributed by atoms with E-state index in [4.69, 9.17) is 23.5 Å². The first-order chi connectivity index (χ1) is 18.3. The Morgan fingerprint density at radius 3 is 2.50 bits per heavy atom. The van der Waals surface area contributed by atoms with Crippen molar-refractivity contribution in [3.63, 3.8) is 0 Å². The zero-order valence-electron chi connectivity index (χ0n) is 20.9. The van der Waals surface area contributed by atoms with Crippen LogP contribution in [0.25, 0.3) is 17.2 Å². The highest BCUT2D eigenvalue weighted by molar-refractivity contribution is 7.32. The number of hydrogen-bond donors (Lipinski definition) is 2. The molecule has 2 N–H and O–H groups in total. The van der Waals surface area contributed by atoms with Crippen molar-refractivity contribution >= 4 is 31.4 Å². The van der Waals surface area contributed by atoms with Crippen molar-refractivity contribution in [1.29, 1.82) is 0 Å². The van der Waals surface area contributed by atoms with Crippen LogP contribution in [-0.2, 0) is 20.4 Å². The SMILES string of the molecule is COc1cc(/C=C2/C(C)=C(CC(=O)NCc3ccco3)c3cc(F)ccc32)cc(OC)c1OCO[P+](=O)O. The number of hydrogen-bond acceptors (Lipinski definition) is 7. The van der Waals surface area contributed by atoms with E-state index in [-0.39, 0.29) is 24.6 Å². The molecular formula is C27H26FNO8P+. The molecule has 3 aromatic rings. The Balaban J connectivity index is 1.67. The van der Waals surface area contributed by atoms with Gasteiger partial charge in [-0.2, -0.15) is 0 Å². The number of fused-ring (bicyclic) bond motifs is 1. The second kappa shape index (κ2) is 12.0. The normalized spacial score (nSPS) is 13.9. The zero-order chi connectivity index (χ0) is 27.2. The van der Waals surface area contributed by atoms with E-state index in [1.54, 1.807) is 30.3 Å². The maximum Gasteiger partial charge on any atom is 0.698 e. The third-order valence-electron chi connectivity index (χ3n) is 5.99. The molecule has 1 atom stereocenters. The Labute approximate surface area is 219 Å². The lowest BCUT2D eigenvalue weighted by Crippen LogP contribution is -2.22. The van der Waals surface area contributed by atoms with Gasteiger partial charge in [-0.15, -0.1) is 4.89 Å². The minimum absolute atomic E-state index is 0.0624. The van der Waals surface area contributed by atoms with Gasteiger partial charge in [-0.25, -0.2) is 4.39 Å². The average Bonchev–Trinajstić information content (AvgIpc) is 3.50. The van der Waals surface area contributed by atoms with Crippen LogP contribution < -0.4 is 19.5 Å². The van der Waals surface area contributed by atoms with Crippen LogP contribution in [0, 0.1) is 5.82 Å². The van der Waals surface area contributed by atoms with Crippen molar-refractivity contribution in [2.45, 2.75) is 19.9 Å². The van der Waals surface area contributed by atoms with Crippen molar-refractivity contribution < 1.29 is 41.8 Å². The van der Waals surface area contributed by atoms with Gasteiger partial charge in [0.1, 0.15) is 11.6 Å². The molecule has 1 amide bonds. The van der Waals surface area contributed by atoms with E-state index >= 15 is 0 Å². The van der Waals surface area contributed by atoms with Crippen LogP contribution in [0.15, 0.2) is 58.7 Å². The van der Waals surface area contributed by atoms with Gasteiger partial charge in [0.25, 0.3) is 0 Å². The average molecular weight is 542 g/mol. The predicted molar refractivity (Wildman–Crippen MR) is 138 cm³/mol. The second-order valence-corrected chi connectivity index (χ2v) is 9.00. The predicted octanol–water partition coefficient (Wildman–Crippen LogP) is 5.47. The van der Waals surface area contributed by atoms with Gasteiger partial charge in [0.15, 0.2) is 11.5 Å². The van der Waals surface area contributed by atoms with E-state index in [0.717, 1.165) is 22.3 Å². The number of methoxy groups -OCH3 is 2. The van der Waals surface area contributed by atoms with E-state index < -0.39 is 20.9 Å². The lowest BCUT2D eigenvalue weighted by atomic mass is 10.00. The van der Waals surface area contributed by atoms with Crippen molar-refractivity contribution in [2.24, 2.45) is 0 Å². The van der Waals surface area contributed by atoms with Gasteiger partial charge in [-0.1, -0.05) is 10.6 Å². The Bertz CT molecular complexity index is 1390. The number of carbonyl (C=O) groups is 1. The molecule has 2 aromatic carbocycles. The standard InChI is InChI=1S/C27H25FNO8P/c1-16-21(9-17-10-24(33-2)27(25(11-17)34-3)36-15-37-38(31)32)20-7-6-18(28)12-23(20)22(16)13-26(30)29-14-19-5-4-8-35-19/h4-12H,13-15H2,1-3H3,(H-,29,30,31,32)/p+1/b21-9-. The van der Waals surface area contributed by atoms with Gasteiger partial charge < -0.3 is 23.9 Å². The molecule has 1 aliphatic carbocycles. The molecule has 9 nitrogen and oxygen atoms in total. The molecule has 0 radical (unpaired) electrons. The summed E-state index contributed by atoms with van der Waals surface area (Å²) in [4.78, 5) is 21.6. The minimum Gasteiger partial charge on any atom is -0.493 e. The maximum absolute atomic E-state index is 14.2. The third kappa shape index (κ3) is 6.11. The summed E-state index contributed by atoms with van der Waals surface area (Å²) >= 11 is 0. The van der Waals surface area contributed by atoms with Crippen LogP contribution in [0.3, 0.4) is 0 Å². The topological polar surface area (TPSA) is 116 Å². The van der Waals surface area contributed by atoms with Crippen LogP contribution in [-0.4, -0.2) is 31.8 Å². The summed E-state index contributed by atoms with van der Waals surface area (Å²) < 4.78 is 51.2. The smallest absolute Gasteiger partial charge is 0.493 e. The molecule has 11 heteroatoms. The third-order valence-corrected chi connectivity index (χ3v) is 6.32. The molecule has 0 saturated heterocycles. The molecule has 198 valence electrons. The summed E-state index contributed by atoms with van der Waals surface area (Å²) in [6, 6.07) is 11.4. The zero-order valence-corrected chi connectivity index (χ0v) is 21.8. The highest BCUT2D eigenvalue weighted by Crippen LogP contribution is 2.45. The first kappa shape index (κ1) is 27.1. The molecule has 0 aliphatic heterocycles. The van der Waals surface area contributed by atoms with Crippen LogP contribution in [0.2, 0.25) is 0 Å².